The van der Waals surface area contributed by atoms with Gasteiger partial charge >= 0.3 is 0 Å². The SMILES string of the molecule is C[C@@H]1CCc2c(sc3ncnc(N4CC[C@@H](Nc5ccccc5)C4)c23)C1. The molecule has 1 aliphatic carbocycles. The smallest absolute Gasteiger partial charge is 0.141 e. The van der Waals surface area contributed by atoms with Crippen molar-refractivity contribution in [2.24, 2.45) is 5.92 Å². The maximum atomic E-state index is 4.72. The van der Waals surface area contributed by atoms with Gasteiger partial charge in [-0.05, 0) is 49.3 Å². The van der Waals surface area contributed by atoms with Crippen LogP contribution in [0.4, 0.5) is 11.5 Å². The van der Waals surface area contributed by atoms with E-state index < -0.39 is 0 Å². The second kappa shape index (κ2) is 6.54. The summed E-state index contributed by atoms with van der Waals surface area (Å²) < 4.78 is 0. The summed E-state index contributed by atoms with van der Waals surface area (Å²) in [6.07, 6.45) is 6.56. The summed E-state index contributed by atoms with van der Waals surface area (Å²) in [5.74, 6) is 1.94. The fourth-order valence-electron chi connectivity index (χ4n) is 4.34. The minimum atomic E-state index is 0.469. The summed E-state index contributed by atoms with van der Waals surface area (Å²) in [4.78, 5) is 14.5. The Morgan fingerprint density at radius 3 is 2.92 bits per heavy atom. The van der Waals surface area contributed by atoms with Gasteiger partial charge in [0, 0.05) is 29.7 Å². The number of aromatic nitrogens is 2. The molecule has 0 spiro atoms. The Morgan fingerprint density at radius 1 is 1.15 bits per heavy atom. The van der Waals surface area contributed by atoms with Crippen molar-refractivity contribution in [2.75, 3.05) is 23.3 Å². The Kier molecular flexibility index (Phi) is 4.04. The zero-order valence-electron chi connectivity index (χ0n) is 15.1. The minimum Gasteiger partial charge on any atom is -0.380 e. The van der Waals surface area contributed by atoms with Crippen LogP contribution in [0.2, 0.25) is 0 Å². The van der Waals surface area contributed by atoms with E-state index in [-0.39, 0.29) is 0 Å². The zero-order chi connectivity index (χ0) is 17.5. The molecule has 0 unspecified atom stereocenters. The number of nitrogens with zero attached hydrogens (tertiary/aromatic N) is 3. The highest BCUT2D eigenvalue weighted by Crippen LogP contribution is 2.41. The van der Waals surface area contributed by atoms with Gasteiger partial charge in [-0.25, -0.2) is 9.97 Å². The molecule has 1 N–H and O–H groups in total. The lowest BCUT2D eigenvalue weighted by molar-refractivity contribution is 0.509. The van der Waals surface area contributed by atoms with Crippen LogP contribution >= 0.6 is 11.3 Å². The van der Waals surface area contributed by atoms with Gasteiger partial charge in [-0.2, -0.15) is 0 Å². The highest BCUT2D eigenvalue weighted by atomic mass is 32.1. The number of aryl methyl sites for hydroxylation is 1. The maximum absolute atomic E-state index is 4.72. The van der Waals surface area contributed by atoms with E-state index in [0.717, 1.165) is 31.2 Å². The van der Waals surface area contributed by atoms with Crippen molar-refractivity contribution in [2.45, 2.75) is 38.6 Å². The third-order valence-corrected chi connectivity index (χ3v) is 6.87. The molecule has 134 valence electrons. The molecule has 1 fully saturated rings. The molecule has 0 saturated carbocycles. The third-order valence-electron chi connectivity index (χ3n) is 5.70. The number of benzene rings is 1. The van der Waals surface area contributed by atoms with E-state index in [0.29, 0.717) is 6.04 Å². The first kappa shape index (κ1) is 16.1. The van der Waals surface area contributed by atoms with Crippen LogP contribution in [0.5, 0.6) is 0 Å². The second-order valence-electron chi connectivity index (χ2n) is 7.67. The molecular formula is C21H24N4S. The van der Waals surface area contributed by atoms with Crippen molar-refractivity contribution in [1.29, 1.82) is 0 Å². The van der Waals surface area contributed by atoms with E-state index in [9.17, 15) is 0 Å². The first-order chi connectivity index (χ1) is 12.8. The lowest BCUT2D eigenvalue weighted by atomic mass is 9.89. The Hall–Kier alpha value is -2.14. The molecule has 2 aliphatic rings. The van der Waals surface area contributed by atoms with Crippen LogP contribution in [0.15, 0.2) is 36.7 Å². The van der Waals surface area contributed by atoms with E-state index in [1.807, 2.05) is 11.3 Å². The summed E-state index contributed by atoms with van der Waals surface area (Å²) >= 11 is 1.89. The van der Waals surface area contributed by atoms with Gasteiger partial charge in [-0.3, -0.25) is 0 Å². The second-order valence-corrected chi connectivity index (χ2v) is 8.75. The molecule has 0 bridgehead atoms. The van der Waals surface area contributed by atoms with Crippen molar-refractivity contribution < 1.29 is 0 Å². The third kappa shape index (κ3) is 2.84. The molecule has 0 radical (unpaired) electrons. The quantitative estimate of drug-likeness (QED) is 0.742. The molecule has 5 rings (SSSR count). The van der Waals surface area contributed by atoms with E-state index in [2.05, 4.69) is 52.5 Å². The molecule has 2 atom stereocenters. The molecule has 1 aliphatic heterocycles. The summed E-state index contributed by atoms with van der Waals surface area (Å²) in [6, 6.07) is 11.0. The number of nitrogens with one attached hydrogen (secondary N) is 1. The maximum Gasteiger partial charge on any atom is 0.141 e. The highest BCUT2D eigenvalue weighted by molar-refractivity contribution is 7.19. The Morgan fingerprint density at radius 2 is 2.04 bits per heavy atom. The van der Waals surface area contributed by atoms with Gasteiger partial charge in [0.1, 0.15) is 17.0 Å². The van der Waals surface area contributed by atoms with E-state index in [1.54, 1.807) is 11.2 Å². The fraction of sp³-hybridized carbons (Fsp3) is 0.429. The van der Waals surface area contributed by atoms with Gasteiger partial charge in [-0.1, -0.05) is 25.1 Å². The average Bonchev–Trinajstić information content (AvgIpc) is 3.26. The minimum absolute atomic E-state index is 0.469. The lowest BCUT2D eigenvalue weighted by Crippen LogP contribution is -2.26. The van der Waals surface area contributed by atoms with Crippen molar-refractivity contribution in [3.05, 3.63) is 47.1 Å². The van der Waals surface area contributed by atoms with Crippen LogP contribution in [0, 0.1) is 5.92 Å². The summed E-state index contributed by atoms with van der Waals surface area (Å²) in [5, 5.41) is 5.00. The number of anilines is 2. The largest absolute Gasteiger partial charge is 0.380 e. The van der Waals surface area contributed by atoms with Crippen LogP contribution in [0.3, 0.4) is 0 Å². The van der Waals surface area contributed by atoms with Crippen LogP contribution in [-0.4, -0.2) is 29.1 Å². The van der Waals surface area contributed by atoms with Gasteiger partial charge in [0.25, 0.3) is 0 Å². The molecule has 3 aromatic rings. The predicted molar refractivity (Wildman–Crippen MR) is 109 cm³/mol. The zero-order valence-corrected chi connectivity index (χ0v) is 15.9. The molecule has 5 heteroatoms. The fourth-order valence-corrected chi connectivity index (χ4v) is 5.68. The summed E-state index contributed by atoms with van der Waals surface area (Å²) in [7, 11) is 0. The topological polar surface area (TPSA) is 41.1 Å². The van der Waals surface area contributed by atoms with Crippen LogP contribution in [0.25, 0.3) is 10.2 Å². The molecule has 0 amide bonds. The number of para-hydroxylation sites is 1. The van der Waals surface area contributed by atoms with E-state index >= 15 is 0 Å². The van der Waals surface area contributed by atoms with Crippen molar-refractivity contribution >= 4 is 33.1 Å². The van der Waals surface area contributed by atoms with Gasteiger partial charge in [-0.15, -0.1) is 11.3 Å². The van der Waals surface area contributed by atoms with Crippen LogP contribution in [-0.2, 0) is 12.8 Å². The standard InChI is InChI=1S/C21H24N4S/c1-14-7-8-17-18(11-14)26-21-19(17)20(22-13-23-21)25-10-9-16(12-25)24-15-5-3-2-4-6-15/h2-6,13-14,16,24H,7-12H2,1H3/t14-,16-/m1/s1. The first-order valence-electron chi connectivity index (χ1n) is 9.59. The van der Waals surface area contributed by atoms with Crippen molar-refractivity contribution in [3.8, 4) is 0 Å². The Bertz CT molecular complexity index is 920. The molecule has 3 heterocycles. The summed E-state index contributed by atoms with van der Waals surface area (Å²) in [5.41, 5.74) is 2.73. The van der Waals surface area contributed by atoms with Crippen molar-refractivity contribution in [1.82, 2.24) is 9.97 Å². The van der Waals surface area contributed by atoms with Gasteiger partial charge in [0.2, 0.25) is 0 Å². The predicted octanol–water partition coefficient (Wildman–Crippen LogP) is 4.51. The number of fused-ring (bicyclic) bond motifs is 3. The highest BCUT2D eigenvalue weighted by Gasteiger charge is 2.28. The molecule has 1 aromatic carbocycles. The first-order valence-corrected chi connectivity index (χ1v) is 10.4. The Labute approximate surface area is 158 Å². The molecule has 26 heavy (non-hydrogen) atoms. The van der Waals surface area contributed by atoms with Gasteiger partial charge < -0.3 is 10.2 Å². The number of hydrogen-bond donors (Lipinski definition) is 1. The molecule has 1 saturated heterocycles. The normalized spacial score (nSPS) is 22.6. The number of thiophene rings is 1. The van der Waals surface area contributed by atoms with Crippen LogP contribution < -0.4 is 10.2 Å². The van der Waals surface area contributed by atoms with Gasteiger partial charge in [0.05, 0.1) is 5.39 Å². The molecule has 2 aromatic heterocycles. The van der Waals surface area contributed by atoms with E-state index in [1.165, 1.54) is 40.7 Å². The van der Waals surface area contributed by atoms with Gasteiger partial charge in [0.15, 0.2) is 0 Å². The monoisotopic (exact) mass is 364 g/mol. The summed E-state index contributed by atoms with van der Waals surface area (Å²) in [6.45, 7) is 4.42. The van der Waals surface area contributed by atoms with E-state index in [4.69, 9.17) is 4.98 Å². The average molecular weight is 365 g/mol. The molecule has 4 nitrogen and oxygen atoms in total. The van der Waals surface area contributed by atoms with Crippen LogP contribution in [0.1, 0.15) is 30.2 Å². The lowest BCUT2D eigenvalue weighted by Gasteiger charge is -2.21. The van der Waals surface area contributed by atoms with Crippen molar-refractivity contribution in [3.63, 3.8) is 0 Å². The number of hydrogen-bond acceptors (Lipinski definition) is 5. The Balaban J connectivity index is 1.43. The molecular weight excluding hydrogens is 340 g/mol. The number of rotatable bonds is 3.